The second kappa shape index (κ2) is 3.90. The summed E-state index contributed by atoms with van der Waals surface area (Å²) >= 11 is 2.56. The predicted octanol–water partition coefficient (Wildman–Crippen LogP) is 2.64. The van der Waals surface area contributed by atoms with Gasteiger partial charge in [0.05, 0.1) is 4.05 Å². The minimum Gasteiger partial charge on any atom is -0.289 e. The lowest BCUT2D eigenvalue weighted by Gasteiger charge is -2.35. The fraction of sp³-hybridized carbons (Fsp3) is 1.00. The standard InChI is InChI=1S/C8H16IN/c1-7(2)10-6-4-3-5-8(10)9/h7-8H,3-6H2,1-2H3. The molecule has 0 radical (unpaired) electrons. The summed E-state index contributed by atoms with van der Waals surface area (Å²) in [6, 6.07) is 0.738. The first-order chi connectivity index (χ1) is 4.72. The van der Waals surface area contributed by atoms with E-state index in [2.05, 4.69) is 41.3 Å². The van der Waals surface area contributed by atoms with E-state index in [9.17, 15) is 0 Å². The normalized spacial score (nSPS) is 29.4. The lowest BCUT2D eigenvalue weighted by atomic mass is 10.1. The van der Waals surface area contributed by atoms with Crippen LogP contribution < -0.4 is 0 Å². The van der Waals surface area contributed by atoms with Crippen molar-refractivity contribution in [3.63, 3.8) is 0 Å². The molecule has 0 N–H and O–H groups in total. The molecule has 0 aromatic heterocycles. The van der Waals surface area contributed by atoms with Gasteiger partial charge in [0, 0.05) is 6.04 Å². The van der Waals surface area contributed by atoms with Gasteiger partial charge in [-0.1, -0.05) is 22.6 Å². The van der Waals surface area contributed by atoms with Crippen molar-refractivity contribution in [3.8, 4) is 0 Å². The zero-order chi connectivity index (χ0) is 7.56. The molecule has 0 aromatic carbocycles. The highest BCUT2D eigenvalue weighted by Gasteiger charge is 2.21. The number of alkyl halides is 1. The van der Waals surface area contributed by atoms with Crippen molar-refractivity contribution in [1.82, 2.24) is 4.90 Å². The van der Waals surface area contributed by atoms with Gasteiger partial charge in [-0.3, -0.25) is 4.90 Å². The van der Waals surface area contributed by atoms with Crippen molar-refractivity contribution in [1.29, 1.82) is 0 Å². The van der Waals surface area contributed by atoms with Crippen molar-refractivity contribution in [2.75, 3.05) is 6.54 Å². The van der Waals surface area contributed by atoms with Crippen LogP contribution in [0.2, 0.25) is 0 Å². The third-order valence-corrected chi connectivity index (χ3v) is 3.47. The van der Waals surface area contributed by atoms with Crippen molar-refractivity contribution in [3.05, 3.63) is 0 Å². The molecule has 2 heteroatoms. The van der Waals surface area contributed by atoms with Crippen molar-refractivity contribution in [2.45, 2.75) is 43.2 Å². The molecule has 0 saturated carbocycles. The Labute approximate surface area is 77.3 Å². The Morgan fingerprint density at radius 3 is 2.50 bits per heavy atom. The molecular weight excluding hydrogens is 237 g/mol. The minimum absolute atomic E-state index is 0.738. The van der Waals surface area contributed by atoms with Crippen molar-refractivity contribution >= 4 is 22.6 Å². The van der Waals surface area contributed by atoms with Crippen LogP contribution in [-0.2, 0) is 0 Å². The smallest absolute Gasteiger partial charge is 0.0620 e. The maximum Gasteiger partial charge on any atom is 0.0620 e. The molecule has 1 aliphatic heterocycles. The molecule has 1 atom stereocenters. The second-order valence-corrected chi connectivity index (χ2v) is 4.70. The summed E-state index contributed by atoms with van der Waals surface area (Å²) in [5, 5.41) is 0. The summed E-state index contributed by atoms with van der Waals surface area (Å²) < 4.78 is 0.798. The number of piperidine rings is 1. The van der Waals surface area contributed by atoms with E-state index in [-0.39, 0.29) is 0 Å². The molecule has 0 amide bonds. The van der Waals surface area contributed by atoms with Crippen LogP contribution >= 0.6 is 22.6 Å². The maximum atomic E-state index is 2.59. The molecule has 10 heavy (non-hydrogen) atoms. The summed E-state index contributed by atoms with van der Waals surface area (Å²) in [5.74, 6) is 0. The molecule has 1 aliphatic rings. The summed E-state index contributed by atoms with van der Waals surface area (Å²) in [4.78, 5) is 2.59. The van der Waals surface area contributed by atoms with Gasteiger partial charge in [0.2, 0.25) is 0 Å². The highest BCUT2D eigenvalue weighted by Crippen LogP contribution is 2.23. The Kier molecular flexibility index (Phi) is 3.43. The van der Waals surface area contributed by atoms with E-state index in [1.54, 1.807) is 0 Å². The highest BCUT2D eigenvalue weighted by molar-refractivity contribution is 14.1. The molecule has 1 nitrogen and oxygen atoms in total. The molecule has 0 bridgehead atoms. The van der Waals surface area contributed by atoms with Gasteiger partial charge in [-0.15, -0.1) is 0 Å². The van der Waals surface area contributed by atoms with Gasteiger partial charge in [-0.2, -0.15) is 0 Å². The Balaban J connectivity index is 2.40. The molecule has 1 rings (SSSR count). The first-order valence-corrected chi connectivity index (χ1v) is 5.36. The van der Waals surface area contributed by atoms with Gasteiger partial charge in [0.1, 0.15) is 0 Å². The van der Waals surface area contributed by atoms with Gasteiger partial charge < -0.3 is 0 Å². The minimum atomic E-state index is 0.738. The Morgan fingerprint density at radius 1 is 1.40 bits per heavy atom. The van der Waals surface area contributed by atoms with Gasteiger partial charge in [0.25, 0.3) is 0 Å². The SMILES string of the molecule is CC(C)N1CCCCC1I. The van der Waals surface area contributed by atoms with Crippen LogP contribution in [0.15, 0.2) is 0 Å². The largest absolute Gasteiger partial charge is 0.289 e. The molecule has 0 aliphatic carbocycles. The highest BCUT2D eigenvalue weighted by atomic mass is 127. The Hall–Kier alpha value is 0.690. The van der Waals surface area contributed by atoms with Crippen LogP contribution in [-0.4, -0.2) is 21.5 Å². The average Bonchev–Trinajstić information content (AvgIpc) is 1.88. The topological polar surface area (TPSA) is 3.24 Å². The van der Waals surface area contributed by atoms with Crippen molar-refractivity contribution < 1.29 is 0 Å². The van der Waals surface area contributed by atoms with Crippen LogP contribution in [0.25, 0.3) is 0 Å². The summed E-state index contributed by atoms with van der Waals surface area (Å²) in [7, 11) is 0. The monoisotopic (exact) mass is 253 g/mol. The first-order valence-electron chi connectivity index (χ1n) is 4.11. The number of rotatable bonds is 1. The Bertz CT molecular complexity index is 103. The Morgan fingerprint density at radius 2 is 2.10 bits per heavy atom. The van der Waals surface area contributed by atoms with E-state index in [0.29, 0.717) is 0 Å². The van der Waals surface area contributed by atoms with E-state index in [0.717, 1.165) is 10.1 Å². The van der Waals surface area contributed by atoms with Crippen LogP contribution in [0, 0.1) is 0 Å². The summed E-state index contributed by atoms with van der Waals surface area (Å²) in [6.07, 6.45) is 4.22. The predicted molar refractivity (Wildman–Crippen MR) is 53.5 cm³/mol. The first kappa shape index (κ1) is 8.78. The fourth-order valence-electron chi connectivity index (χ4n) is 1.49. The fourth-order valence-corrected chi connectivity index (χ4v) is 2.86. The van der Waals surface area contributed by atoms with Gasteiger partial charge in [-0.05, 0) is 39.7 Å². The van der Waals surface area contributed by atoms with E-state index in [4.69, 9.17) is 0 Å². The van der Waals surface area contributed by atoms with Gasteiger partial charge in [0.15, 0.2) is 0 Å². The quantitative estimate of drug-likeness (QED) is 0.394. The maximum absolute atomic E-state index is 2.59. The number of halogens is 1. The van der Waals surface area contributed by atoms with Crippen LogP contribution in [0.1, 0.15) is 33.1 Å². The second-order valence-electron chi connectivity index (χ2n) is 3.26. The lowest BCUT2D eigenvalue weighted by Crippen LogP contribution is -2.40. The third-order valence-electron chi connectivity index (χ3n) is 2.13. The number of likely N-dealkylation sites (tertiary alicyclic amines) is 1. The molecule has 1 saturated heterocycles. The molecule has 0 aromatic rings. The average molecular weight is 253 g/mol. The van der Waals surface area contributed by atoms with Gasteiger partial charge >= 0.3 is 0 Å². The van der Waals surface area contributed by atoms with E-state index >= 15 is 0 Å². The molecule has 60 valence electrons. The number of nitrogens with zero attached hydrogens (tertiary/aromatic N) is 1. The third kappa shape index (κ3) is 2.09. The molecule has 1 heterocycles. The van der Waals surface area contributed by atoms with E-state index in [1.807, 2.05) is 0 Å². The zero-order valence-corrected chi connectivity index (χ0v) is 8.97. The van der Waals surface area contributed by atoms with Crippen LogP contribution in [0.3, 0.4) is 0 Å². The molecule has 1 unspecified atom stereocenters. The molecule has 1 fully saturated rings. The van der Waals surface area contributed by atoms with E-state index in [1.165, 1.54) is 25.8 Å². The van der Waals surface area contributed by atoms with Gasteiger partial charge in [-0.25, -0.2) is 0 Å². The zero-order valence-electron chi connectivity index (χ0n) is 6.81. The van der Waals surface area contributed by atoms with Crippen molar-refractivity contribution in [2.24, 2.45) is 0 Å². The number of hydrogen-bond acceptors (Lipinski definition) is 1. The van der Waals surface area contributed by atoms with Crippen LogP contribution in [0.5, 0.6) is 0 Å². The van der Waals surface area contributed by atoms with Crippen LogP contribution in [0.4, 0.5) is 0 Å². The number of hydrogen-bond donors (Lipinski definition) is 0. The summed E-state index contributed by atoms with van der Waals surface area (Å²) in [6.45, 7) is 5.89. The lowest BCUT2D eigenvalue weighted by molar-refractivity contribution is 0.173. The molecular formula is C8H16IN. The van der Waals surface area contributed by atoms with E-state index < -0.39 is 0 Å². The summed E-state index contributed by atoms with van der Waals surface area (Å²) in [5.41, 5.74) is 0. The molecule has 0 spiro atoms.